The van der Waals surface area contributed by atoms with Crippen molar-refractivity contribution in [1.82, 2.24) is 9.13 Å². The van der Waals surface area contributed by atoms with Gasteiger partial charge < -0.3 is 5.32 Å². The molecule has 4 rings (SSSR count). The Bertz CT molecular complexity index is 1350. The number of benzene rings is 3. The van der Waals surface area contributed by atoms with E-state index in [-0.39, 0.29) is 6.54 Å². The Morgan fingerprint density at radius 1 is 0.900 bits per heavy atom. The molecule has 0 fully saturated rings. The van der Waals surface area contributed by atoms with Gasteiger partial charge in [-0.2, -0.15) is 0 Å². The van der Waals surface area contributed by atoms with Gasteiger partial charge in [-0.1, -0.05) is 54.6 Å². The number of hydrogen-bond donors (Lipinski definition) is 1. The van der Waals surface area contributed by atoms with Crippen molar-refractivity contribution in [2.75, 3.05) is 5.32 Å². The molecule has 4 aromatic rings. The van der Waals surface area contributed by atoms with Crippen molar-refractivity contribution in [1.29, 1.82) is 0 Å². The van der Waals surface area contributed by atoms with Crippen LogP contribution in [0.5, 0.6) is 0 Å². The molecule has 3 aromatic carbocycles. The van der Waals surface area contributed by atoms with Crippen LogP contribution in [-0.4, -0.2) is 15.0 Å². The summed E-state index contributed by atoms with van der Waals surface area (Å²) in [6, 6.07) is 22.4. The number of carbonyl (C=O) groups excluding carboxylic acids is 1. The summed E-state index contributed by atoms with van der Waals surface area (Å²) < 4.78 is 2.39. The summed E-state index contributed by atoms with van der Waals surface area (Å²) >= 11 is 0. The number of amides is 1. The Balaban J connectivity index is 1.56. The lowest BCUT2D eigenvalue weighted by atomic mass is 10.1. The summed E-state index contributed by atoms with van der Waals surface area (Å²) in [5.41, 5.74) is 1.62. The fourth-order valence-electron chi connectivity index (χ4n) is 3.40. The Hall–Kier alpha value is -3.93. The Morgan fingerprint density at radius 2 is 1.63 bits per heavy atom. The zero-order chi connectivity index (χ0) is 21.1. The van der Waals surface area contributed by atoms with Gasteiger partial charge in [-0.05, 0) is 41.0 Å². The number of aromatic nitrogens is 2. The number of nitrogens with one attached hydrogen (secondary N) is 1. The van der Waals surface area contributed by atoms with Gasteiger partial charge in [0.2, 0.25) is 5.91 Å². The topological polar surface area (TPSA) is 73.1 Å². The molecule has 0 aliphatic carbocycles. The van der Waals surface area contributed by atoms with Crippen LogP contribution in [0.4, 0.5) is 5.69 Å². The molecule has 0 unspecified atom stereocenters. The minimum Gasteiger partial charge on any atom is -0.325 e. The van der Waals surface area contributed by atoms with Crippen LogP contribution >= 0.6 is 0 Å². The summed E-state index contributed by atoms with van der Waals surface area (Å²) in [7, 11) is 0. The third kappa shape index (κ3) is 4.07. The lowest BCUT2D eigenvalue weighted by Gasteiger charge is -2.12. The van der Waals surface area contributed by atoms with Gasteiger partial charge in [0.15, 0.2) is 0 Å². The van der Waals surface area contributed by atoms with Gasteiger partial charge in [-0.25, -0.2) is 4.79 Å². The van der Waals surface area contributed by atoms with Gasteiger partial charge >= 0.3 is 5.69 Å². The third-order valence-electron chi connectivity index (χ3n) is 5.08. The highest BCUT2D eigenvalue weighted by Crippen LogP contribution is 2.18. The summed E-state index contributed by atoms with van der Waals surface area (Å²) in [6.45, 7) is 1.95. The van der Waals surface area contributed by atoms with Crippen LogP contribution in [0.2, 0.25) is 0 Å². The van der Waals surface area contributed by atoms with Gasteiger partial charge in [0.1, 0.15) is 6.54 Å². The van der Waals surface area contributed by atoms with Crippen LogP contribution in [0, 0.1) is 6.92 Å². The fraction of sp³-hybridized carbons (Fsp3) is 0.125. The highest BCUT2D eigenvalue weighted by molar-refractivity contribution is 5.94. The molecule has 1 amide bonds. The SMILES string of the molecule is Cc1ccccc1Cn1ccc(=O)n(CC(=O)Nc2ccc3ccccc3c2)c1=O. The van der Waals surface area contributed by atoms with E-state index in [9.17, 15) is 14.4 Å². The second-order valence-electron chi connectivity index (χ2n) is 7.19. The van der Waals surface area contributed by atoms with E-state index in [1.54, 1.807) is 6.07 Å². The quantitative estimate of drug-likeness (QED) is 0.560. The van der Waals surface area contributed by atoms with E-state index in [1.165, 1.54) is 16.8 Å². The smallest absolute Gasteiger partial charge is 0.325 e. The number of carbonyl (C=O) groups is 1. The molecule has 0 saturated heterocycles. The maximum Gasteiger partial charge on any atom is 0.331 e. The number of nitrogens with zero attached hydrogens (tertiary/aromatic N) is 2. The average molecular weight is 399 g/mol. The van der Waals surface area contributed by atoms with Crippen LogP contribution in [0.1, 0.15) is 11.1 Å². The second-order valence-corrected chi connectivity index (χ2v) is 7.19. The van der Waals surface area contributed by atoms with Gasteiger partial charge in [-0.3, -0.25) is 18.7 Å². The van der Waals surface area contributed by atoms with Crippen molar-refractivity contribution in [3.63, 3.8) is 0 Å². The fourth-order valence-corrected chi connectivity index (χ4v) is 3.40. The van der Waals surface area contributed by atoms with Crippen LogP contribution < -0.4 is 16.6 Å². The van der Waals surface area contributed by atoms with Crippen LogP contribution in [0.15, 0.2) is 88.6 Å². The van der Waals surface area contributed by atoms with Crippen molar-refractivity contribution in [3.8, 4) is 0 Å². The molecule has 0 aliphatic heterocycles. The van der Waals surface area contributed by atoms with Crippen LogP contribution in [0.3, 0.4) is 0 Å². The largest absolute Gasteiger partial charge is 0.331 e. The van der Waals surface area contributed by atoms with Gasteiger partial charge in [0.05, 0.1) is 6.54 Å². The van der Waals surface area contributed by atoms with E-state index in [0.717, 1.165) is 26.5 Å². The molecule has 1 heterocycles. The summed E-state index contributed by atoms with van der Waals surface area (Å²) in [5.74, 6) is -0.432. The van der Waals surface area contributed by atoms with Crippen molar-refractivity contribution < 1.29 is 4.79 Å². The zero-order valence-electron chi connectivity index (χ0n) is 16.5. The monoisotopic (exact) mass is 399 g/mol. The molecule has 0 aliphatic rings. The predicted molar refractivity (Wildman–Crippen MR) is 118 cm³/mol. The van der Waals surface area contributed by atoms with Crippen molar-refractivity contribution in [3.05, 3.63) is 111 Å². The van der Waals surface area contributed by atoms with Gasteiger partial charge in [0, 0.05) is 18.0 Å². The molecule has 0 atom stereocenters. The highest BCUT2D eigenvalue weighted by Gasteiger charge is 2.11. The maximum atomic E-state index is 12.8. The molecule has 0 saturated carbocycles. The zero-order valence-corrected chi connectivity index (χ0v) is 16.5. The molecule has 1 aromatic heterocycles. The Morgan fingerprint density at radius 3 is 2.43 bits per heavy atom. The molecular weight excluding hydrogens is 378 g/mol. The highest BCUT2D eigenvalue weighted by atomic mass is 16.2. The molecule has 1 N–H and O–H groups in total. The molecular formula is C24H21N3O3. The number of fused-ring (bicyclic) bond motifs is 1. The standard InChI is InChI=1S/C24H21N3O3/c1-17-6-2-3-9-20(17)15-26-13-12-23(29)27(24(26)30)16-22(28)25-21-11-10-18-7-4-5-8-19(18)14-21/h2-14H,15-16H2,1H3,(H,25,28). The van der Waals surface area contributed by atoms with E-state index in [1.807, 2.05) is 67.6 Å². The molecule has 6 heteroatoms. The van der Waals surface area contributed by atoms with Gasteiger partial charge in [0.25, 0.3) is 5.56 Å². The van der Waals surface area contributed by atoms with E-state index in [2.05, 4.69) is 5.32 Å². The lowest BCUT2D eigenvalue weighted by molar-refractivity contribution is -0.116. The minimum atomic E-state index is -0.514. The average Bonchev–Trinajstić information content (AvgIpc) is 2.74. The van der Waals surface area contributed by atoms with Crippen LogP contribution in [0.25, 0.3) is 10.8 Å². The van der Waals surface area contributed by atoms with Crippen molar-refractivity contribution >= 4 is 22.4 Å². The Labute approximate surface area is 173 Å². The number of rotatable bonds is 5. The van der Waals surface area contributed by atoms with E-state index >= 15 is 0 Å². The van der Waals surface area contributed by atoms with E-state index in [0.29, 0.717) is 12.2 Å². The van der Waals surface area contributed by atoms with Crippen LogP contribution in [-0.2, 0) is 17.9 Å². The summed E-state index contributed by atoms with van der Waals surface area (Å²) in [4.78, 5) is 37.6. The Kier molecular flexibility index (Phi) is 5.30. The normalized spacial score (nSPS) is 10.8. The lowest BCUT2D eigenvalue weighted by Crippen LogP contribution is -2.41. The van der Waals surface area contributed by atoms with E-state index in [4.69, 9.17) is 0 Å². The summed E-state index contributed by atoms with van der Waals surface area (Å²) in [6.07, 6.45) is 1.47. The number of aryl methyl sites for hydroxylation is 1. The van der Waals surface area contributed by atoms with E-state index < -0.39 is 17.2 Å². The molecule has 6 nitrogen and oxygen atoms in total. The van der Waals surface area contributed by atoms with Gasteiger partial charge in [-0.15, -0.1) is 0 Å². The first-order valence-electron chi connectivity index (χ1n) is 9.65. The first kappa shape index (κ1) is 19.4. The van der Waals surface area contributed by atoms with Crippen molar-refractivity contribution in [2.45, 2.75) is 20.0 Å². The maximum absolute atomic E-state index is 12.8. The first-order chi connectivity index (χ1) is 14.5. The summed E-state index contributed by atoms with van der Waals surface area (Å²) in [5, 5.41) is 4.83. The molecule has 0 bridgehead atoms. The predicted octanol–water partition coefficient (Wildman–Crippen LogP) is 3.16. The third-order valence-corrected chi connectivity index (χ3v) is 5.08. The second kappa shape index (κ2) is 8.21. The molecule has 30 heavy (non-hydrogen) atoms. The first-order valence-corrected chi connectivity index (χ1v) is 9.65. The number of hydrogen-bond acceptors (Lipinski definition) is 3. The molecule has 150 valence electrons. The van der Waals surface area contributed by atoms with Crippen molar-refractivity contribution in [2.24, 2.45) is 0 Å². The molecule has 0 radical (unpaired) electrons. The number of anilines is 1. The molecule has 0 spiro atoms. The minimum absolute atomic E-state index is 0.331.